The molecular weight excluding hydrogens is 360 g/mol. The Morgan fingerprint density at radius 3 is 2.26 bits per heavy atom. The minimum atomic E-state index is 0. The van der Waals surface area contributed by atoms with E-state index in [-0.39, 0.29) is 18.3 Å². The minimum absolute atomic E-state index is 0. The topological polar surface area (TPSA) is 50.6 Å². The number of anilines is 1. The number of carbonyl (C=O) groups excluding carboxylic acids is 1. The molecule has 2 aliphatic heterocycles. The van der Waals surface area contributed by atoms with E-state index in [1.165, 1.54) is 0 Å². The van der Waals surface area contributed by atoms with Crippen molar-refractivity contribution in [1.82, 2.24) is 9.80 Å². The molecule has 5 nitrogen and oxygen atoms in total. The van der Waals surface area contributed by atoms with Crippen LogP contribution in [0.3, 0.4) is 0 Å². The Kier molecular flexibility index (Phi) is 7.52. The van der Waals surface area contributed by atoms with Crippen molar-refractivity contribution in [2.45, 2.75) is 45.7 Å². The molecule has 1 aromatic carbocycles. The van der Waals surface area contributed by atoms with E-state index in [1.54, 1.807) is 0 Å². The SMILES string of the molecule is CC(C)N1CCN(C(=O)C2CCN(c3ccc(C#N)cc3)CC2)C[C@@H]1C.Cl. The van der Waals surface area contributed by atoms with Crippen LogP contribution in [0.25, 0.3) is 0 Å². The summed E-state index contributed by atoms with van der Waals surface area (Å²) in [6.07, 6.45) is 1.83. The molecule has 3 rings (SSSR count). The van der Waals surface area contributed by atoms with E-state index < -0.39 is 0 Å². The fraction of sp³-hybridized carbons (Fsp3) is 0.619. The third kappa shape index (κ3) is 4.94. The molecule has 1 atom stereocenters. The quantitative estimate of drug-likeness (QED) is 0.795. The number of rotatable bonds is 3. The number of nitrogens with zero attached hydrogens (tertiary/aromatic N) is 4. The van der Waals surface area contributed by atoms with Gasteiger partial charge in [0.15, 0.2) is 0 Å². The summed E-state index contributed by atoms with van der Waals surface area (Å²) >= 11 is 0. The molecule has 6 heteroatoms. The molecule has 2 saturated heterocycles. The van der Waals surface area contributed by atoms with E-state index >= 15 is 0 Å². The van der Waals surface area contributed by atoms with Gasteiger partial charge in [0.1, 0.15) is 0 Å². The zero-order valence-electron chi connectivity index (χ0n) is 16.6. The molecule has 0 aliphatic carbocycles. The summed E-state index contributed by atoms with van der Waals surface area (Å²) in [7, 11) is 0. The minimum Gasteiger partial charge on any atom is -0.371 e. The maximum Gasteiger partial charge on any atom is 0.225 e. The van der Waals surface area contributed by atoms with Crippen molar-refractivity contribution in [3.63, 3.8) is 0 Å². The van der Waals surface area contributed by atoms with Gasteiger partial charge >= 0.3 is 0 Å². The monoisotopic (exact) mass is 390 g/mol. The van der Waals surface area contributed by atoms with Crippen molar-refractivity contribution < 1.29 is 4.79 Å². The largest absolute Gasteiger partial charge is 0.371 e. The molecule has 0 radical (unpaired) electrons. The third-order valence-electron chi connectivity index (χ3n) is 5.86. The highest BCUT2D eigenvalue weighted by molar-refractivity contribution is 5.85. The Labute approximate surface area is 169 Å². The molecule has 1 aromatic rings. The zero-order chi connectivity index (χ0) is 18.7. The van der Waals surface area contributed by atoms with Crippen LogP contribution < -0.4 is 4.90 Å². The van der Waals surface area contributed by atoms with Crippen LogP contribution in [-0.4, -0.2) is 60.5 Å². The second-order valence-electron chi connectivity index (χ2n) is 7.88. The van der Waals surface area contributed by atoms with Gasteiger partial charge in [-0.2, -0.15) is 5.26 Å². The van der Waals surface area contributed by atoms with E-state index in [0.717, 1.165) is 51.3 Å². The lowest BCUT2D eigenvalue weighted by atomic mass is 9.94. The smallest absolute Gasteiger partial charge is 0.225 e. The second-order valence-corrected chi connectivity index (χ2v) is 7.88. The first kappa shape index (κ1) is 21.5. The van der Waals surface area contributed by atoms with E-state index in [2.05, 4.69) is 41.5 Å². The van der Waals surface area contributed by atoms with Crippen LogP contribution in [0.4, 0.5) is 5.69 Å². The van der Waals surface area contributed by atoms with Crippen LogP contribution in [0.2, 0.25) is 0 Å². The maximum absolute atomic E-state index is 13.0. The number of amides is 1. The van der Waals surface area contributed by atoms with Crippen LogP contribution >= 0.6 is 12.4 Å². The molecule has 2 aliphatic rings. The number of benzene rings is 1. The Bertz CT molecular complexity index is 662. The van der Waals surface area contributed by atoms with Gasteiger partial charge in [-0.15, -0.1) is 12.4 Å². The summed E-state index contributed by atoms with van der Waals surface area (Å²) in [6.45, 7) is 11.2. The highest BCUT2D eigenvalue weighted by Crippen LogP contribution is 2.26. The number of carbonyl (C=O) groups is 1. The number of hydrogen-bond donors (Lipinski definition) is 0. The molecule has 0 bridgehead atoms. The zero-order valence-corrected chi connectivity index (χ0v) is 17.4. The third-order valence-corrected chi connectivity index (χ3v) is 5.86. The molecule has 2 heterocycles. The Morgan fingerprint density at radius 2 is 1.74 bits per heavy atom. The van der Waals surface area contributed by atoms with Crippen molar-refractivity contribution in [3.8, 4) is 6.07 Å². The van der Waals surface area contributed by atoms with E-state index in [1.807, 2.05) is 24.3 Å². The van der Waals surface area contributed by atoms with Gasteiger partial charge in [-0.25, -0.2) is 0 Å². The highest BCUT2D eigenvalue weighted by Gasteiger charge is 2.33. The lowest BCUT2D eigenvalue weighted by Gasteiger charge is -2.43. The van der Waals surface area contributed by atoms with E-state index in [4.69, 9.17) is 5.26 Å². The summed E-state index contributed by atoms with van der Waals surface area (Å²) in [5, 5.41) is 8.92. The van der Waals surface area contributed by atoms with E-state index in [0.29, 0.717) is 23.6 Å². The summed E-state index contributed by atoms with van der Waals surface area (Å²) in [4.78, 5) is 19.9. The standard InChI is InChI=1S/C21H30N4O.ClH/c1-16(2)25-13-12-24(15-17(25)3)21(26)19-8-10-23(11-9-19)20-6-4-18(14-22)5-7-20;/h4-7,16-17,19H,8-13,15H2,1-3H3;1H/t17-;/m0./s1. The molecule has 0 N–H and O–H groups in total. The molecule has 0 spiro atoms. The average Bonchev–Trinajstić information content (AvgIpc) is 2.67. The van der Waals surface area contributed by atoms with Gasteiger partial charge in [-0.1, -0.05) is 0 Å². The molecule has 2 fully saturated rings. The predicted molar refractivity (Wildman–Crippen MR) is 111 cm³/mol. The fourth-order valence-corrected chi connectivity index (χ4v) is 4.33. The van der Waals surface area contributed by atoms with Gasteiger partial charge < -0.3 is 9.80 Å². The lowest BCUT2D eigenvalue weighted by Crippen LogP contribution is -2.57. The van der Waals surface area contributed by atoms with Gasteiger partial charge in [-0.05, 0) is 57.9 Å². The van der Waals surface area contributed by atoms with Crippen LogP contribution in [0, 0.1) is 17.2 Å². The van der Waals surface area contributed by atoms with Gasteiger partial charge in [0, 0.05) is 56.4 Å². The maximum atomic E-state index is 13.0. The fourth-order valence-electron chi connectivity index (χ4n) is 4.33. The first-order chi connectivity index (χ1) is 12.5. The second kappa shape index (κ2) is 9.43. The van der Waals surface area contributed by atoms with Crippen LogP contribution in [-0.2, 0) is 4.79 Å². The van der Waals surface area contributed by atoms with Crippen LogP contribution in [0.15, 0.2) is 24.3 Å². The Balaban J connectivity index is 0.00000261. The molecular formula is C21H31ClN4O. The first-order valence-electron chi connectivity index (χ1n) is 9.79. The van der Waals surface area contributed by atoms with Gasteiger partial charge in [0.05, 0.1) is 11.6 Å². The summed E-state index contributed by atoms with van der Waals surface area (Å²) in [5.41, 5.74) is 1.84. The van der Waals surface area contributed by atoms with Gasteiger partial charge in [0.2, 0.25) is 5.91 Å². The highest BCUT2D eigenvalue weighted by atomic mass is 35.5. The number of hydrogen-bond acceptors (Lipinski definition) is 4. The number of piperidine rings is 1. The predicted octanol–water partition coefficient (Wildman–Crippen LogP) is 3.14. The number of piperazine rings is 1. The molecule has 0 unspecified atom stereocenters. The van der Waals surface area contributed by atoms with Crippen molar-refractivity contribution in [2.24, 2.45) is 5.92 Å². The van der Waals surface area contributed by atoms with Crippen molar-refractivity contribution >= 4 is 24.0 Å². The summed E-state index contributed by atoms with van der Waals surface area (Å²) < 4.78 is 0. The van der Waals surface area contributed by atoms with E-state index in [9.17, 15) is 4.79 Å². The number of halogens is 1. The Hall–Kier alpha value is -1.77. The van der Waals surface area contributed by atoms with Crippen LogP contribution in [0.1, 0.15) is 39.2 Å². The lowest BCUT2D eigenvalue weighted by molar-refractivity contribution is -0.139. The summed E-state index contributed by atoms with van der Waals surface area (Å²) in [6, 6.07) is 10.9. The first-order valence-corrected chi connectivity index (χ1v) is 9.79. The summed E-state index contributed by atoms with van der Waals surface area (Å²) in [5.74, 6) is 0.502. The molecule has 148 valence electrons. The average molecular weight is 391 g/mol. The number of nitriles is 1. The normalized spacial score (nSPS) is 21.7. The van der Waals surface area contributed by atoms with Crippen LogP contribution in [0.5, 0.6) is 0 Å². The van der Waals surface area contributed by atoms with Crippen molar-refractivity contribution in [2.75, 3.05) is 37.6 Å². The van der Waals surface area contributed by atoms with Crippen molar-refractivity contribution in [3.05, 3.63) is 29.8 Å². The molecule has 0 aromatic heterocycles. The van der Waals surface area contributed by atoms with Gasteiger partial charge in [-0.3, -0.25) is 9.69 Å². The Morgan fingerprint density at radius 1 is 1.11 bits per heavy atom. The molecule has 27 heavy (non-hydrogen) atoms. The van der Waals surface area contributed by atoms with Gasteiger partial charge in [0.25, 0.3) is 0 Å². The van der Waals surface area contributed by atoms with Crippen molar-refractivity contribution in [1.29, 1.82) is 5.26 Å². The molecule has 1 amide bonds. The molecule has 0 saturated carbocycles.